The average Bonchev–Trinajstić information content (AvgIpc) is 3.13. The van der Waals surface area contributed by atoms with Crippen LogP contribution in [0, 0.1) is 18.3 Å². The Kier molecular flexibility index (Phi) is 7.28. The van der Waals surface area contributed by atoms with Gasteiger partial charge >= 0.3 is 6.03 Å². The maximum atomic E-state index is 12.9. The minimum absolute atomic E-state index is 0.218. The minimum atomic E-state index is -0.672. The first-order valence-electron chi connectivity index (χ1n) is 11.5. The highest BCUT2D eigenvalue weighted by Crippen LogP contribution is 2.29. The second-order valence-corrected chi connectivity index (χ2v) is 8.07. The van der Waals surface area contributed by atoms with Crippen LogP contribution in [-0.2, 0) is 0 Å². The third-order valence-electron chi connectivity index (χ3n) is 5.77. The lowest BCUT2D eigenvalue weighted by Gasteiger charge is -2.25. The summed E-state index contributed by atoms with van der Waals surface area (Å²) in [4.78, 5) is 21.1. The Bertz CT molecular complexity index is 1160. The van der Waals surface area contributed by atoms with Gasteiger partial charge in [-0.2, -0.15) is 10.4 Å². The molecule has 0 spiro atoms. The number of anilines is 1. The molecule has 176 valence electrons. The summed E-state index contributed by atoms with van der Waals surface area (Å²) in [5.41, 5.74) is 2.65. The number of urea groups is 1. The largest absolute Gasteiger partial charge is 0.492 e. The molecular formula is C25H29N7O2. The summed E-state index contributed by atoms with van der Waals surface area (Å²) in [5, 5.41) is 16.8. The van der Waals surface area contributed by atoms with Crippen molar-refractivity contribution in [2.24, 2.45) is 0 Å². The molecule has 0 aliphatic carbocycles. The lowest BCUT2D eigenvalue weighted by molar-refractivity contribution is 0.199. The topological polar surface area (TPSA) is 99.3 Å². The zero-order valence-electron chi connectivity index (χ0n) is 19.5. The van der Waals surface area contributed by atoms with Gasteiger partial charge in [0.2, 0.25) is 0 Å². The number of carbonyl (C=O) groups excluding carboxylic acids is 1. The Morgan fingerprint density at radius 3 is 2.71 bits per heavy atom. The third kappa shape index (κ3) is 5.29. The van der Waals surface area contributed by atoms with Crippen LogP contribution >= 0.6 is 0 Å². The maximum Gasteiger partial charge on any atom is 0.318 e. The highest BCUT2D eigenvalue weighted by atomic mass is 16.5. The number of hydrogen-bond donors (Lipinski definition) is 1. The van der Waals surface area contributed by atoms with E-state index in [9.17, 15) is 10.1 Å². The molecule has 1 N–H and O–H groups in total. The quantitative estimate of drug-likeness (QED) is 0.606. The van der Waals surface area contributed by atoms with Crippen LogP contribution in [0.1, 0.15) is 30.8 Å². The molecule has 2 heterocycles. The fraction of sp³-hybridized carbons (Fsp3) is 0.360. The number of nitrogens with one attached hydrogen (secondary N) is 1. The molecule has 1 aliphatic heterocycles. The summed E-state index contributed by atoms with van der Waals surface area (Å²) >= 11 is 0. The van der Waals surface area contributed by atoms with Gasteiger partial charge in [0.05, 0.1) is 12.7 Å². The number of aromatic nitrogens is 3. The van der Waals surface area contributed by atoms with E-state index in [0.717, 1.165) is 35.7 Å². The number of ether oxygens (including phenoxy) is 1. The van der Waals surface area contributed by atoms with E-state index in [1.54, 1.807) is 15.9 Å². The lowest BCUT2D eigenvalue weighted by Crippen LogP contribution is -2.43. The molecule has 0 bridgehead atoms. The molecule has 1 unspecified atom stereocenters. The minimum Gasteiger partial charge on any atom is -0.492 e. The molecule has 9 nitrogen and oxygen atoms in total. The Labute approximate surface area is 199 Å². The zero-order chi connectivity index (χ0) is 23.9. The maximum absolute atomic E-state index is 12.9. The molecule has 2 amide bonds. The molecule has 34 heavy (non-hydrogen) atoms. The number of rotatable bonds is 6. The smallest absolute Gasteiger partial charge is 0.318 e. The van der Waals surface area contributed by atoms with E-state index in [0.29, 0.717) is 32.1 Å². The van der Waals surface area contributed by atoms with Gasteiger partial charge in [0.1, 0.15) is 29.6 Å². The van der Waals surface area contributed by atoms with Gasteiger partial charge in [-0.1, -0.05) is 30.3 Å². The van der Waals surface area contributed by atoms with Crippen molar-refractivity contribution in [3.05, 3.63) is 66.2 Å². The highest BCUT2D eigenvalue weighted by Gasteiger charge is 2.23. The van der Waals surface area contributed by atoms with Crippen molar-refractivity contribution < 1.29 is 9.53 Å². The molecular weight excluding hydrogens is 430 g/mol. The van der Waals surface area contributed by atoms with Crippen molar-refractivity contribution in [3.8, 4) is 17.5 Å². The van der Waals surface area contributed by atoms with Crippen molar-refractivity contribution in [3.63, 3.8) is 0 Å². The molecule has 0 radical (unpaired) electrons. The number of nitriles is 1. The van der Waals surface area contributed by atoms with Crippen LogP contribution in [0.15, 0.2) is 54.9 Å². The Balaban J connectivity index is 1.44. The molecule has 9 heteroatoms. The van der Waals surface area contributed by atoms with E-state index in [4.69, 9.17) is 4.74 Å². The summed E-state index contributed by atoms with van der Waals surface area (Å²) in [6, 6.07) is 16.7. The molecule has 1 saturated heterocycles. The van der Waals surface area contributed by atoms with E-state index < -0.39 is 6.04 Å². The van der Waals surface area contributed by atoms with E-state index >= 15 is 0 Å². The van der Waals surface area contributed by atoms with Gasteiger partial charge in [0, 0.05) is 37.9 Å². The fourth-order valence-electron chi connectivity index (χ4n) is 4.05. The highest BCUT2D eigenvalue weighted by molar-refractivity contribution is 5.75. The Hall–Kier alpha value is -4.06. The normalized spacial score (nSPS) is 14.7. The molecule has 1 fully saturated rings. The van der Waals surface area contributed by atoms with Crippen molar-refractivity contribution >= 4 is 11.7 Å². The monoisotopic (exact) mass is 459 g/mol. The van der Waals surface area contributed by atoms with Gasteiger partial charge in [0.25, 0.3) is 0 Å². The van der Waals surface area contributed by atoms with Crippen LogP contribution in [0.5, 0.6) is 5.75 Å². The molecule has 1 atom stereocenters. The number of nitrogens with zero attached hydrogens (tertiary/aromatic N) is 6. The van der Waals surface area contributed by atoms with Gasteiger partial charge < -0.3 is 19.9 Å². The summed E-state index contributed by atoms with van der Waals surface area (Å²) in [6.45, 7) is 7.04. The van der Waals surface area contributed by atoms with Crippen LogP contribution in [0.25, 0.3) is 5.69 Å². The summed E-state index contributed by atoms with van der Waals surface area (Å²) in [7, 11) is 0. The molecule has 0 saturated carbocycles. The van der Waals surface area contributed by atoms with Gasteiger partial charge in [-0.05, 0) is 38.0 Å². The predicted molar refractivity (Wildman–Crippen MR) is 129 cm³/mol. The fourth-order valence-corrected chi connectivity index (χ4v) is 4.05. The van der Waals surface area contributed by atoms with Crippen molar-refractivity contribution in [2.75, 3.05) is 37.7 Å². The molecule has 1 aromatic heterocycles. The number of benzene rings is 2. The second-order valence-electron chi connectivity index (χ2n) is 8.07. The second kappa shape index (κ2) is 10.7. The Morgan fingerprint density at radius 2 is 2.00 bits per heavy atom. The summed E-state index contributed by atoms with van der Waals surface area (Å²) in [5.74, 6) is 1.44. The first-order chi connectivity index (χ1) is 16.6. The zero-order valence-corrected chi connectivity index (χ0v) is 19.5. The van der Waals surface area contributed by atoms with E-state index in [-0.39, 0.29) is 6.03 Å². The molecule has 3 aromatic rings. The molecule has 2 aromatic carbocycles. The average molecular weight is 460 g/mol. The first kappa shape index (κ1) is 23.1. The Morgan fingerprint density at radius 1 is 1.18 bits per heavy atom. The molecule has 4 rings (SSSR count). The van der Waals surface area contributed by atoms with Gasteiger partial charge in [-0.3, -0.25) is 0 Å². The lowest BCUT2D eigenvalue weighted by atomic mass is 10.1. The van der Waals surface area contributed by atoms with Crippen LogP contribution in [0.3, 0.4) is 0 Å². The van der Waals surface area contributed by atoms with E-state index in [1.165, 1.54) is 0 Å². The van der Waals surface area contributed by atoms with Crippen molar-refractivity contribution in [2.45, 2.75) is 26.3 Å². The SMILES string of the molecule is CCOc1cc(N2CCCN(C(=O)NC(C#N)c3ccccc3)CC2)ccc1-n1cnc(C)n1. The predicted octanol–water partition coefficient (Wildman–Crippen LogP) is 3.46. The van der Waals surface area contributed by atoms with Gasteiger partial charge in [0.15, 0.2) is 0 Å². The number of hydrogen-bond acceptors (Lipinski definition) is 6. The van der Waals surface area contributed by atoms with E-state index in [2.05, 4.69) is 26.4 Å². The van der Waals surface area contributed by atoms with Crippen LogP contribution < -0.4 is 15.0 Å². The van der Waals surface area contributed by atoms with Crippen LogP contribution in [-0.4, -0.2) is 58.5 Å². The van der Waals surface area contributed by atoms with Gasteiger partial charge in [-0.25, -0.2) is 14.5 Å². The van der Waals surface area contributed by atoms with E-state index in [1.807, 2.05) is 62.4 Å². The number of aryl methyl sites for hydroxylation is 1. The first-order valence-corrected chi connectivity index (χ1v) is 11.5. The standard InChI is InChI=1S/C25H29N7O2/c1-3-34-24-16-21(10-11-23(24)32-18-27-19(2)29-32)30-12-7-13-31(15-14-30)25(33)28-22(17-26)20-8-5-4-6-9-20/h4-6,8-11,16,18,22H,3,7,12-15H2,1-2H3,(H,28,33). The third-order valence-corrected chi connectivity index (χ3v) is 5.77. The van der Waals surface area contributed by atoms with Crippen molar-refractivity contribution in [1.82, 2.24) is 25.0 Å². The van der Waals surface area contributed by atoms with Crippen LogP contribution in [0.4, 0.5) is 10.5 Å². The number of amides is 2. The molecule has 1 aliphatic rings. The number of carbonyl (C=O) groups is 1. The van der Waals surface area contributed by atoms with Gasteiger partial charge in [-0.15, -0.1) is 0 Å². The summed E-state index contributed by atoms with van der Waals surface area (Å²) < 4.78 is 7.62. The summed E-state index contributed by atoms with van der Waals surface area (Å²) in [6.07, 6.45) is 2.50. The van der Waals surface area contributed by atoms with Crippen LogP contribution in [0.2, 0.25) is 0 Å². The van der Waals surface area contributed by atoms with Crippen molar-refractivity contribution in [1.29, 1.82) is 5.26 Å².